The van der Waals surface area contributed by atoms with Crippen LogP contribution >= 0.6 is 23.2 Å². The molecule has 0 aliphatic heterocycles. The number of nitrogen functional groups attached to an aromatic ring is 2. The van der Waals surface area contributed by atoms with Crippen molar-refractivity contribution in [3.63, 3.8) is 0 Å². The lowest BCUT2D eigenvalue weighted by atomic mass is 10.0. The average molecular weight is 1510 g/mol. The maximum atomic E-state index is 14.6. The first-order valence-electron chi connectivity index (χ1n) is 35.0. The van der Waals surface area contributed by atoms with E-state index in [0.29, 0.717) is 171 Å². The van der Waals surface area contributed by atoms with Gasteiger partial charge in [-0.05, 0) is 84.5 Å². The lowest BCUT2D eigenvalue weighted by molar-refractivity contribution is -0.133. The Balaban J connectivity index is 0.000000215. The van der Waals surface area contributed by atoms with Crippen LogP contribution in [0.2, 0.25) is 10.0 Å². The van der Waals surface area contributed by atoms with Crippen LogP contribution in [0, 0.1) is 0 Å². The summed E-state index contributed by atoms with van der Waals surface area (Å²) >= 11 is 13.2. The van der Waals surface area contributed by atoms with Crippen LogP contribution in [0.4, 0.5) is 11.6 Å². The monoisotopic (exact) mass is 1500 g/mol. The predicted octanol–water partition coefficient (Wildman–Crippen LogP) is 9.75. The zero-order valence-corrected chi connectivity index (χ0v) is 61.7. The lowest BCUT2D eigenvalue weighted by Crippen LogP contribution is -2.36. The highest BCUT2D eigenvalue weighted by Crippen LogP contribution is 2.35. The van der Waals surface area contributed by atoms with Crippen molar-refractivity contribution in [3.8, 4) is 34.0 Å². The first kappa shape index (κ1) is 77.7. The summed E-state index contributed by atoms with van der Waals surface area (Å²) < 4.78 is 26.8. The molecule has 108 heavy (non-hydrogen) atoms. The van der Waals surface area contributed by atoms with Crippen LogP contribution < -0.4 is 22.6 Å². The molecule has 6 aromatic carbocycles. The molecule has 0 aliphatic carbocycles. The van der Waals surface area contributed by atoms with Crippen molar-refractivity contribution in [1.29, 1.82) is 0 Å². The second-order valence-corrected chi connectivity index (χ2v) is 26.3. The van der Waals surface area contributed by atoms with Gasteiger partial charge in [-0.3, -0.25) is 37.9 Å². The van der Waals surface area contributed by atoms with Gasteiger partial charge < -0.3 is 50.4 Å². The van der Waals surface area contributed by atoms with Gasteiger partial charge in [0, 0.05) is 113 Å². The summed E-state index contributed by atoms with van der Waals surface area (Å²) in [5, 5.41) is 32.5. The van der Waals surface area contributed by atoms with Gasteiger partial charge in [-0.25, -0.2) is 39.3 Å². The number of ketones is 2. The van der Waals surface area contributed by atoms with Crippen LogP contribution in [0.15, 0.2) is 156 Å². The van der Waals surface area contributed by atoms with E-state index in [4.69, 9.17) is 73.8 Å². The molecular weight excluding hydrogens is 1420 g/mol. The molecule has 0 radical (unpaired) electrons. The second kappa shape index (κ2) is 36.7. The predicted molar refractivity (Wildman–Crippen MR) is 411 cm³/mol. The van der Waals surface area contributed by atoms with Crippen molar-refractivity contribution >= 4 is 102 Å². The van der Waals surface area contributed by atoms with Gasteiger partial charge in [0.1, 0.15) is 77.7 Å². The van der Waals surface area contributed by atoms with E-state index < -0.39 is 5.56 Å². The smallest absolute Gasteiger partial charge is 0.262 e. The second-order valence-electron chi connectivity index (χ2n) is 25.5. The summed E-state index contributed by atoms with van der Waals surface area (Å²) in [5.74, 6) is 0.790. The number of Topliss-reactive ketones (excluding diaryl/α,β-unsaturated/α-hetero) is 2. The van der Waals surface area contributed by atoms with E-state index in [0.717, 1.165) is 0 Å². The van der Waals surface area contributed by atoms with Crippen LogP contribution in [-0.2, 0) is 65.9 Å². The van der Waals surface area contributed by atoms with Gasteiger partial charge in [0.15, 0.2) is 17.1 Å². The standard InChI is InChI=1S/2C39H41ClN8O6/c1-53-18-16-46(17-19-54-2)33(51)15-7-12-28(49)20-25-9-6-14-31-34(25)39(52)47(22-27-8-3-4-13-30(27)40)32(44-31)23-48-38-35(37(41)42-24-43-38)36(45-48)26-10-5-11-29(50)21-26;1-53-19-17-46(18-20-54-2)33(51)16-6-5-15-31(50)28-12-8-14-30-34(28)39(52)47(22-26-9-3-4-13-29(26)40)32(44-30)23-48-38-35(37(41)42-24-43-38)36(45-48)25-10-7-11-27(49)21-25/h3-6,8-11,13-14,21,24,50H,7,12,15-20,22-23H2,1-2H3,(H2,41,42,43);3-4,7-14,21,24,49H,5-6,15-20,22-23H2,1-2H3,(H2,41,42,43). The largest absolute Gasteiger partial charge is 0.508 e. The number of carbonyl (C=O) groups is 4. The number of hydrogen-bond donors (Lipinski definition) is 4. The molecule has 0 saturated carbocycles. The Morgan fingerprint density at radius 3 is 1.37 bits per heavy atom. The number of fused-ring (bicyclic) bond motifs is 4. The Morgan fingerprint density at radius 2 is 0.898 bits per heavy atom. The van der Waals surface area contributed by atoms with E-state index in [2.05, 4.69) is 19.9 Å². The molecule has 30 heteroatoms. The Morgan fingerprint density at radius 1 is 0.472 bits per heavy atom. The van der Waals surface area contributed by atoms with Crippen molar-refractivity contribution in [3.05, 3.63) is 211 Å². The summed E-state index contributed by atoms with van der Waals surface area (Å²) in [6, 6.07) is 38.0. The van der Waals surface area contributed by atoms with Crippen LogP contribution in [0.25, 0.3) is 66.4 Å². The number of phenolic OH excluding ortho intramolecular Hbond substituents is 2. The number of halogens is 2. The van der Waals surface area contributed by atoms with E-state index >= 15 is 0 Å². The number of rotatable bonds is 34. The van der Waals surface area contributed by atoms with Gasteiger partial charge >= 0.3 is 0 Å². The number of hydrogen-bond acceptors (Lipinski definition) is 22. The summed E-state index contributed by atoms with van der Waals surface area (Å²) in [7, 11) is 6.33. The van der Waals surface area contributed by atoms with Crippen molar-refractivity contribution in [2.24, 2.45) is 0 Å². The van der Waals surface area contributed by atoms with Gasteiger partial charge in [0.25, 0.3) is 11.1 Å². The molecule has 0 aliphatic rings. The van der Waals surface area contributed by atoms with Crippen molar-refractivity contribution in [1.82, 2.24) is 68.4 Å². The summed E-state index contributed by atoms with van der Waals surface area (Å²) in [5.41, 5.74) is 17.8. The molecule has 0 unspecified atom stereocenters. The normalized spacial score (nSPS) is 11.4. The summed E-state index contributed by atoms with van der Waals surface area (Å²) in [6.45, 7) is 3.62. The minimum atomic E-state index is -0.417. The van der Waals surface area contributed by atoms with Gasteiger partial charge in [-0.2, -0.15) is 10.2 Å². The quantitative estimate of drug-likeness (QED) is 0.0215. The fourth-order valence-corrected chi connectivity index (χ4v) is 13.2. The first-order chi connectivity index (χ1) is 52.4. The van der Waals surface area contributed by atoms with Crippen molar-refractivity contribution < 1.29 is 48.3 Å². The Bertz CT molecular complexity index is 5360. The zero-order valence-electron chi connectivity index (χ0n) is 60.1. The van der Waals surface area contributed by atoms with Crippen LogP contribution in [0.1, 0.15) is 83.6 Å². The minimum absolute atomic E-state index is 0.000611. The van der Waals surface area contributed by atoms with Gasteiger partial charge in [-0.1, -0.05) is 108 Å². The Labute approximate surface area is 630 Å². The number of nitrogens with two attached hydrogens (primary N) is 2. The highest BCUT2D eigenvalue weighted by molar-refractivity contribution is 6.31. The molecule has 2 amide bonds. The fraction of sp³-hybridized carbons (Fsp3) is 0.308. The lowest BCUT2D eigenvalue weighted by Gasteiger charge is -2.22. The van der Waals surface area contributed by atoms with Crippen LogP contribution in [0.5, 0.6) is 11.5 Å². The zero-order chi connectivity index (χ0) is 76.4. The number of benzene rings is 6. The minimum Gasteiger partial charge on any atom is -0.508 e. The van der Waals surface area contributed by atoms with Crippen molar-refractivity contribution in [2.45, 2.75) is 77.5 Å². The first-order valence-corrected chi connectivity index (χ1v) is 35.7. The van der Waals surface area contributed by atoms with E-state index in [1.54, 1.807) is 151 Å². The molecule has 6 aromatic heterocycles. The number of methoxy groups -OCH3 is 4. The summed E-state index contributed by atoms with van der Waals surface area (Å²) in [6.07, 6.45) is 4.79. The van der Waals surface area contributed by atoms with E-state index in [-0.39, 0.29) is 121 Å². The van der Waals surface area contributed by atoms with Gasteiger partial charge in [-0.15, -0.1) is 0 Å². The average Bonchev–Trinajstić information content (AvgIpc) is 1.33. The SMILES string of the molecule is COCCN(CCOC)C(=O)CCCC(=O)Cc1cccc2nc(Cn3nc(-c4cccc(O)c4)c4c(N)ncnc43)n(Cc3ccccc3Cl)c(=O)c12.COCCN(CCOC)C(=O)CCCCC(=O)c1cccc2nc(Cn3nc(-c4cccc(O)c4)c4c(N)ncnc43)n(Cc3ccccc3Cl)c(=O)c12. The third-order valence-corrected chi connectivity index (χ3v) is 19.0. The Kier molecular flexibility index (Phi) is 26.4. The molecule has 6 N–H and O–H groups in total. The fourth-order valence-electron chi connectivity index (χ4n) is 12.8. The number of aromatic hydroxyl groups is 2. The number of aromatic nitrogens is 12. The topological polar surface area (TPSA) is 361 Å². The summed E-state index contributed by atoms with van der Waals surface area (Å²) in [4.78, 5) is 113. The number of anilines is 2. The number of nitrogens with zero attached hydrogens (tertiary/aromatic N) is 14. The third-order valence-electron chi connectivity index (χ3n) is 18.3. The van der Waals surface area contributed by atoms with Crippen LogP contribution in [0.3, 0.4) is 0 Å². The van der Waals surface area contributed by atoms with Crippen molar-refractivity contribution in [2.75, 3.05) is 92.5 Å². The molecule has 0 bridgehead atoms. The molecule has 0 spiro atoms. The molecule has 560 valence electrons. The third kappa shape index (κ3) is 18.5. The maximum Gasteiger partial charge on any atom is 0.262 e. The molecule has 6 heterocycles. The van der Waals surface area contributed by atoms with E-state index in [9.17, 15) is 39.0 Å². The number of amides is 2. The molecule has 28 nitrogen and oxygen atoms in total. The Hall–Kier alpha value is -11.4. The van der Waals surface area contributed by atoms with Gasteiger partial charge in [0.05, 0.1) is 72.1 Å². The molecular formula is C78H82Cl2N16O12. The number of carbonyl (C=O) groups excluding carboxylic acids is 4. The molecule has 0 atom stereocenters. The molecule has 0 saturated heterocycles. The number of phenols is 2. The molecule has 12 rings (SSSR count). The van der Waals surface area contributed by atoms with E-state index in [1.165, 1.54) is 21.8 Å². The van der Waals surface area contributed by atoms with E-state index in [1.807, 2.05) is 30.3 Å². The van der Waals surface area contributed by atoms with Crippen LogP contribution in [-0.4, -0.2) is 183 Å². The highest BCUT2D eigenvalue weighted by atomic mass is 35.5. The number of unbranched alkanes of at least 4 members (excludes halogenated alkanes) is 1. The molecule has 0 fully saturated rings. The van der Waals surface area contributed by atoms with Gasteiger partial charge in [0.2, 0.25) is 11.8 Å². The molecule has 12 aromatic rings. The number of ether oxygens (including phenoxy) is 4. The maximum absolute atomic E-state index is 14.6. The highest BCUT2D eigenvalue weighted by Gasteiger charge is 2.26.